The summed E-state index contributed by atoms with van der Waals surface area (Å²) in [7, 11) is 0. The fraction of sp³-hybridized carbons (Fsp3) is 0.667. The molecule has 0 aromatic carbocycles. The maximum absolute atomic E-state index is 7.62. The molecule has 0 aromatic heterocycles. The second-order valence-corrected chi connectivity index (χ2v) is 0.755. The van der Waals surface area contributed by atoms with Crippen LogP contribution in [0, 0.1) is 10.3 Å². The van der Waals surface area contributed by atoms with Crippen LogP contribution < -0.4 is 0 Å². The van der Waals surface area contributed by atoms with Crippen LogP contribution in [0.4, 0.5) is 0 Å². The normalized spacial score (nSPS) is 4.88. The van der Waals surface area contributed by atoms with Crippen molar-refractivity contribution in [2.75, 3.05) is 13.2 Å². The van der Waals surface area contributed by atoms with Crippen molar-refractivity contribution in [1.82, 2.24) is 0 Å². The summed E-state index contributed by atoms with van der Waals surface area (Å²) in [5.74, 6) is 0. The topological polar surface area (TPSA) is 64.2 Å². The van der Waals surface area contributed by atoms with Crippen molar-refractivity contribution in [2.45, 2.75) is 0 Å². The molecule has 0 aliphatic heterocycles. The Morgan fingerprint density at radius 1 is 1.38 bits per heavy atom. The van der Waals surface area contributed by atoms with Crippen molar-refractivity contribution in [2.24, 2.45) is 0 Å². The van der Waals surface area contributed by atoms with E-state index < -0.39 is 0 Å². The van der Waals surface area contributed by atoms with Gasteiger partial charge in [0, 0.05) is 19.5 Å². The Labute approximate surface area is 69.0 Å². The monoisotopic (exact) mass is 211 g/mol. The zero-order valence-electron chi connectivity index (χ0n) is 4.30. The number of rotatable bonds is 1. The van der Waals surface area contributed by atoms with Gasteiger partial charge in [-0.15, -0.1) is 0 Å². The summed E-state index contributed by atoms with van der Waals surface area (Å²) in [5, 5.41) is 23.9. The van der Waals surface area contributed by atoms with E-state index in [1.807, 2.05) is 0 Å². The molecule has 0 spiro atoms. The third kappa shape index (κ3) is 84.6. The largest absolute Gasteiger partial charge is 0.394 e. The van der Waals surface area contributed by atoms with E-state index in [9.17, 15) is 0 Å². The Kier molecular flexibility index (Phi) is 50.9. The van der Waals surface area contributed by atoms with E-state index in [1.54, 1.807) is 0 Å². The molecule has 0 rings (SSSR count). The first kappa shape index (κ1) is 15.8. The molecule has 2 N–H and O–H groups in total. The molecule has 0 saturated carbocycles. The maximum atomic E-state index is 7.62. The van der Waals surface area contributed by atoms with Gasteiger partial charge in [0.2, 0.25) is 0 Å². The van der Waals surface area contributed by atoms with E-state index in [4.69, 9.17) is 15.5 Å². The standard InChI is InChI=1S/C2H6O2.CN.Co.Zn/c3-1-2-4;1-2;;/h3-4H,1-2H2;;;. The van der Waals surface area contributed by atoms with Crippen LogP contribution in [0.1, 0.15) is 0 Å². The van der Waals surface area contributed by atoms with Gasteiger partial charge in [0.05, 0.1) is 13.2 Å². The van der Waals surface area contributed by atoms with Gasteiger partial charge in [-0.25, -0.2) is 0 Å². The van der Waals surface area contributed by atoms with Crippen LogP contribution in [-0.2, 0) is 35.2 Å². The summed E-state index contributed by atoms with van der Waals surface area (Å²) in [6, 6.07) is 0. The van der Waals surface area contributed by atoms with Crippen molar-refractivity contribution in [1.29, 1.82) is 5.26 Å². The van der Waals surface area contributed by atoms with Crippen molar-refractivity contribution in [3.8, 4) is 5.00 Å². The molecule has 0 unspecified atom stereocenters. The Bertz CT molecular complexity index is 53.7. The number of aliphatic hydroxyl groups excluding tert-OH is 2. The Morgan fingerprint density at radius 2 is 1.50 bits per heavy atom. The van der Waals surface area contributed by atoms with Gasteiger partial charge in [-0.3, -0.25) is 0 Å². The zero-order chi connectivity index (χ0) is 6.12. The minimum absolute atomic E-state index is 0. The van der Waals surface area contributed by atoms with E-state index in [1.165, 1.54) is 5.00 Å². The molecule has 0 bridgehead atoms. The predicted octanol–water partition coefficient (Wildman–Crippen LogP) is -1.02. The Hall–Kier alpha value is 0.540. The molecule has 0 aromatic rings. The molecular weight excluding hydrogens is 206 g/mol. The van der Waals surface area contributed by atoms with Crippen LogP contribution in [-0.4, -0.2) is 23.4 Å². The summed E-state index contributed by atoms with van der Waals surface area (Å²) in [6.07, 6.45) is 0. The number of nitrogens with zero attached hydrogens (tertiary/aromatic N) is 1. The average Bonchev–Trinajstić information content (AvgIpc) is 1.69. The van der Waals surface area contributed by atoms with Crippen molar-refractivity contribution in [3.05, 3.63) is 0 Å². The molecule has 0 fully saturated rings. The molecule has 0 heterocycles. The van der Waals surface area contributed by atoms with Gasteiger partial charge in [-0.1, -0.05) is 0 Å². The van der Waals surface area contributed by atoms with E-state index in [-0.39, 0.29) is 32.7 Å². The van der Waals surface area contributed by atoms with Crippen LogP contribution >= 0.6 is 0 Å². The molecule has 0 saturated heterocycles. The maximum Gasteiger partial charge on any atom is 0.0662 e. The van der Waals surface area contributed by atoms with Gasteiger partial charge in [-0.05, 0) is 0 Å². The third-order valence-electron chi connectivity index (χ3n) is 0.1000. The van der Waals surface area contributed by atoms with Crippen LogP contribution in [0.5, 0.6) is 0 Å². The molecule has 0 atom stereocenters. The minimum atomic E-state index is -0.125. The smallest absolute Gasteiger partial charge is 0.0662 e. The number of aliphatic hydroxyl groups is 2. The molecule has 46 valence electrons. The van der Waals surface area contributed by atoms with Gasteiger partial charge >= 0.3 is 26.0 Å². The second-order valence-electron chi connectivity index (χ2n) is 0.522. The first-order chi connectivity index (χ1) is 3.33. The predicted molar refractivity (Wildman–Crippen MR) is 19.8 cm³/mol. The number of nitriles is 1. The van der Waals surface area contributed by atoms with Gasteiger partial charge in [0.1, 0.15) is 0 Å². The van der Waals surface area contributed by atoms with Crippen LogP contribution in [0.25, 0.3) is 0 Å². The molecule has 0 aliphatic rings. The van der Waals surface area contributed by atoms with Crippen LogP contribution in [0.2, 0.25) is 0 Å². The summed E-state index contributed by atoms with van der Waals surface area (Å²) in [5.41, 5.74) is 0. The van der Waals surface area contributed by atoms with Gasteiger partial charge in [-0.2, -0.15) is 0 Å². The first-order valence-corrected chi connectivity index (χ1v) is 2.04. The van der Waals surface area contributed by atoms with Gasteiger partial charge in [0.15, 0.2) is 0 Å². The zero-order valence-corrected chi connectivity index (χ0v) is 8.30. The molecule has 5 heteroatoms. The summed E-state index contributed by atoms with van der Waals surface area (Å²) >= 11 is 3.13. The Balaban J connectivity index is -0.0000000575. The summed E-state index contributed by atoms with van der Waals surface area (Å²) < 4.78 is 0. The van der Waals surface area contributed by atoms with Crippen molar-refractivity contribution < 1.29 is 45.4 Å². The fourth-order valence-corrected chi connectivity index (χ4v) is 0. The Morgan fingerprint density at radius 3 is 1.50 bits per heavy atom. The molecule has 8 heavy (non-hydrogen) atoms. The summed E-state index contributed by atoms with van der Waals surface area (Å²) in [6.45, 7) is -0.250. The third-order valence-corrected chi connectivity index (χ3v) is 0.1000. The minimum Gasteiger partial charge on any atom is -0.394 e. The SMILES string of the molecule is N#[C][Co].OCCO.[Zn]. The molecule has 0 radical (unpaired) electrons. The molecule has 0 amide bonds. The second kappa shape index (κ2) is 25.7. The number of hydrogen-bond donors (Lipinski definition) is 2. The molecule has 0 aliphatic carbocycles. The van der Waals surface area contributed by atoms with Crippen LogP contribution in [0.15, 0.2) is 0 Å². The summed E-state index contributed by atoms with van der Waals surface area (Å²) in [4.78, 5) is 0. The van der Waals surface area contributed by atoms with E-state index in [2.05, 4.69) is 15.7 Å². The molecule has 3 nitrogen and oxygen atoms in total. The van der Waals surface area contributed by atoms with Crippen LogP contribution in [0.3, 0.4) is 0 Å². The van der Waals surface area contributed by atoms with Crippen molar-refractivity contribution in [3.63, 3.8) is 0 Å². The first-order valence-electron chi connectivity index (χ1n) is 1.52. The van der Waals surface area contributed by atoms with E-state index in [0.717, 1.165) is 0 Å². The van der Waals surface area contributed by atoms with Crippen molar-refractivity contribution >= 4 is 0 Å². The van der Waals surface area contributed by atoms with Gasteiger partial charge < -0.3 is 10.2 Å². The average molecular weight is 212 g/mol. The van der Waals surface area contributed by atoms with Gasteiger partial charge in [0.25, 0.3) is 0 Å². The number of hydrogen-bond acceptors (Lipinski definition) is 3. The molecular formula is C3H6CoNO2Zn. The fourth-order valence-electron chi connectivity index (χ4n) is 0. The van der Waals surface area contributed by atoms with E-state index >= 15 is 0 Å². The quantitative estimate of drug-likeness (QED) is 0.547. The van der Waals surface area contributed by atoms with E-state index in [0.29, 0.717) is 0 Å².